The molecule has 0 saturated heterocycles. The van der Waals surface area contributed by atoms with Crippen molar-refractivity contribution in [3.05, 3.63) is 70.7 Å². The van der Waals surface area contributed by atoms with E-state index >= 15 is 0 Å². The number of carbonyl (C=O) groups excluding carboxylic acids is 2. The van der Waals surface area contributed by atoms with E-state index in [1.54, 1.807) is 38.1 Å². The van der Waals surface area contributed by atoms with E-state index in [1.807, 2.05) is 30.3 Å². The number of amides is 1. The second-order valence-electron chi connectivity index (χ2n) is 6.31. The quantitative estimate of drug-likeness (QED) is 0.365. The molecule has 2 N–H and O–H groups in total. The summed E-state index contributed by atoms with van der Waals surface area (Å²) in [7, 11) is -3.80. The van der Waals surface area contributed by atoms with Crippen molar-refractivity contribution in [2.75, 3.05) is 19.8 Å². The maximum absolute atomic E-state index is 13.7. The number of rotatable bonds is 11. The Morgan fingerprint density at radius 3 is 2.29 bits per heavy atom. The summed E-state index contributed by atoms with van der Waals surface area (Å²) in [6.07, 6.45) is -0.790. The molecule has 8 nitrogen and oxygen atoms in total. The maximum Gasteiger partial charge on any atom is 0.408 e. The first kappa shape index (κ1) is 24.9. The summed E-state index contributed by atoms with van der Waals surface area (Å²) in [5, 5.41) is 5.70. The Labute approximate surface area is 186 Å². The highest BCUT2D eigenvalue weighted by Crippen LogP contribution is 2.55. The van der Waals surface area contributed by atoms with E-state index in [-0.39, 0.29) is 26.4 Å². The third kappa shape index (κ3) is 7.99. The zero-order valence-corrected chi connectivity index (χ0v) is 19.0. The van der Waals surface area contributed by atoms with Crippen LogP contribution in [-0.4, -0.2) is 31.8 Å². The lowest BCUT2D eigenvalue weighted by atomic mass is 10.2. The van der Waals surface area contributed by atoms with Crippen molar-refractivity contribution >= 4 is 31.2 Å². The van der Waals surface area contributed by atoms with Gasteiger partial charge in [0.05, 0.1) is 13.2 Å². The van der Waals surface area contributed by atoms with E-state index in [0.717, 1.165) is 5.56 Å². The normalized spacial score (nSPS) is 13.6. The molecule has 0 aromatic heterocycles. The van der Waals surface area contributed by atoms with Crippen LogP contribution in [0.15, 0.2) is 54.6 Å². The van der Waals surface area contributed by atoms with Gasteiger partial charge in [0.2, 0.25) is 0 Å². The van der Waals surface area contributed by atoms with Crippen molar-refractivity contribution in [2.24, 2.45) is 0 Å². The fraction of sp³-hybridized carbons (Fsp3) is 0.333. The highest BCUT2D eigenvalue weighted by molar-refractivity contribution is 7.57. The smallest absolute Gasteiger partial charge is 0.408 e. The SMILES string of the molecule is CCOC(=O)CNP(=O)(OCC)C(NC(=O)OCc1ccccc1)c1ccc(Cl)cc1. The molecule has 1 amide bonds. The number of esters is 1. The van der Waals surface area contributed by atoms with Gasteiger partial charge in [-0.2, -0.15) is 0 Å². The number of ether oxygens (including phenoxy) is 2. The third-order valence-electron chi connectivity index (χ3n) is 4.06. The summed E-state index contributed by atoms with van der Waals surface area (Å²) in [4.78, 5) is 24.3. The molecule has 0 bridgehead atoms. The van der Waals surface area contributed by atoms with Crippen LogP contribution in [0.2, 0.25) is 5.02 Å². The van der Waals surface area contributed by atoms with Crippen molar-refractivity contribution in [2.45, 2.75) is 26.2 Å². The molecule has 0 fully saturated rings. The first-order valence-electron chi connectivity index (χ1n) is 9.75. The topological polar surface area (TPSA) is 103 Å². The van der Waals surface area contributed by atoms with Gasteiger partial charge in [-0.25, -0.2) is 9.88 Å². The standard InChI is InChI=1S/C21H26ClN2O6P/c1-3-28-19(25)14-23-31(27,30-4-2)20(17-10-12-18(22)13-11-17)24-21(26)29-15-16-8-6-5-7-9-16/h5-13,20H,3-4,14-15H2,1-2H3,(H,23,27)(H,24,26). The minimum atomic E-state index is -3.80. The van der Waals surface area contributed by atoms with Gasteiger partial charge in [0.1, 0.15) is 18.9 Å². The van der Waals surface area contributed by atoms with E-state index in [9.17, 15) is 14.2 Å². The van der Waals surface area contributed by atoms with E-state index < -0.39 is 25.4 Å². The number of nitrogens with one attached hydrogen (secondary N) is 2. The lowest BCUT2D eigenvalue weighted by Crippen LogP contribution is -2.35. The van der Waals surface area contributed by atoms with E-state index in [0.29, 0.717) is 10.6 Å². The van der Waals surface area contributed by atoms with Gasteiger partial charge in [-0.3, -0.25) is 9.36 Å². The summed E-state index contributed by atoms with van der Waals surface area (Å²) < 4.78 is 29.3. The molecule has 2 aromatic carbocycles. The summed E-state index contributed by atoms with van der Waals surface area (Å²) in [5.74, 6) is -1.72. The van der Waals surface area contributed by atoms with Gasteiger partial charge < -0.3 is 19.3 Å². The predicted octanol–water partition coefficient (Wildman–Crippen LogP) is 4.65. The van der Waals surface area contributed by atoms with Crippen LogP contribution in [0.5, 0.6) is 0 Å². The van der Waals surface area contributed by atoms with E-state index in [4.69, 9.17) is 25.6 Å². The first-order chi connectivity index (χ1) is 14.9. The number of halogens is 1. The molecule has 2 atom stereocenters. The number of hydrogen-bond acceptors (Lipinski definition) is 6. The van der Waals surface area contributed by atoms with Crippen molar-refractivity contribution in [1.82, 2.24) is 10.4 Å². The van der Waals surface area contributed by atoms with Crippen molar-refractivity contribution in [3.63, 3.8) is 0 Å². The highest BCUT2D eigenvalue weighted by Gasteiger charge is 2.37. The van der Waals surface area contributed by atoms with Crippen LogP contribution >= 0.6 is 19.1 Å². The maximum atomic E-state index is 13.7. The molecule has 0 aliphatic heterocycles. The molecule has 0 saturated carbocycles. The number of alkyl carbamates (subject to hydrolysis) is 1. The highest BCUT2D eigenvalue weighted by atomic mass is 35.5. The van der Waals surface area contributed by atoms with E-state index in [2.05, 4.69) is 10.4 Å². The Hall–Kier alpha value is -2.38. The predicted molar refractivity (Wildman–Crippen MR) is 118 cm³/mol. The lowest BCUT2D eigenvalue weighted by molar-refractivity contribution is -0.141. The van der Waals surface area contributed by atoms with Gasteiger partial charge in [0, 0.05) is 5.02 Å². The van der Waals surface area contributed by atoms with Crippen LogP contribution in [0.1, 0.15) is 30.8 Å². The van der Waals surface area contributed by atoms with Gasteiger partial charge >= 0.3 is 12.1 Å². The molecule has 2 rings (SSSR count). The second-order valence-corrected chi connectivity index (χ2v) is 9.04. The molecular formula is C21H26ClN2O6P. The van der Waals surface area contributed by atoms with Gasteiger partial charge in [0.15, 0.2) is 0 Å². The molecule has 10 heteroatoms. The van der Waals surface area contributed by atoms with Crippen molar-refractivity contribution in [3.8, 4) is 0 Å². The molecular weight excluding hydrogens is 443 g/mol. The van der Waals surface area contributed by atoms with Crippen LogP contribution in [0, 0.1) is 0 Å². The molecule has 0 aliphatic rings. The van der Waals surface area contributed by atoms with Crippen LogP contribution in [0.25, 0.3) is 0 Å². The number of benzene rings is 2. The van der Waals surface area contributed by atoms with Gasteiger partial charge in [-0.15, -0.1) is 0 Å². The first-order valence-corrected chi connectivity index (χ1v) is 11.8. The zero-order valence-electron chi connectivity index (χ0n) is 17.4. The molecule has 2 aromatic rings. The van der Waals surface area contributed by atoms with Crippen molar-refractivity contribution in [1.29, 1.82) is 0 Å². The molecule has 2 unspecified atom stereocenters. The second kappa shape index (κ2) is 12.5. The fourth-order valence-electron chi connectivity index (χ4n) is 2.68. The Morgan fingerprint density at radius 1 is 1.00 bits per heavy atom. The van der Waals surface area contributed by atoms with E-state index in [1.165, 1.54) is 0 Å². The minimum absolute atomic E-state index is 0.0369. The largest absolute Gasteiger partial charge is 0.465 e. The Bertz CT molecular complexity index is 895. The van der Waals surface area contributed by atoms with Crippen molar-refractivity contribution < 1.29 is 28.2 Å². The average molecular weight is 469 g/mol. The molecule has 0 radical (unpaired) electrons. The summed E-state index contributed by atoms with van der Waals surface area (Å²) in [6.45, 7) is 3.28. The van der Waals surface area contributed by atoms with Gasteiger partial charge in [-0.05, 0) is 37.1 Å². The molecule has 0 heterocycles. The molecule has 0 spiro atoms. The summed E-state index contributed by atoms with van der Waals surface area (Å²) in [5.41, 5.74) is 1.27. The van der Waals surface area contributed by atoms with Crippen LogP contribution in [-0.2, 0) is 30.0 Å². The molecule has 168 valence electrons. The van der Waals surface area contributed by atoms with Crippen LogP contribution < -0.4 is 10.4 Å². The monoisotopic (exact) mass is 468 g/mol. The zero-order chi connectivity index (χ0) is 22.7. The number of carbonyl (C=O) groups is 2. The summed E-state index contributed by atoms with van der Waals surface area (Å²) in [6, 6.07) is 15.6. The number of hydrogen-bond donors (Lipinski definition) is 2. The van der Waals surface area contributed by atoms with Gasteiger partial charge in [-0.1, -0.05) is 54.1 Å². The minimum Gasteiger partial charge on any atom is -0.465 e. The lowest BCUT2D eigenvalue weighted by Gasteiger charge is -2.28. The Balaban J connectivity index is 2.22. The van der Waals surface area contributed by atoms with Crippen LogP contribution in [0.3, 0.4) is 0 Å². The Morgan fingerprint density at radius 2 is 1.68 bits per heavy atom. The van der Waals surface area contributed by atoms with Gasteiger partial charge in [0.25, 0.3) is 7.52 Å². The fourth-order valence-corrected chi connectivity index (χ4v) is 4.80. The van der Waals surface area contributed by atoms with Crippen LogP contribution in [0.4, 0.5) is 4.79 Å². The molecule has 0 aliphatic carbocycles. The summed E-state index contributed by atoms with van der Waals surface area (Å²) >= 11 is 5.96. The third-order valence-corrected chi connectivity index (χ3v) is 6.66. The Kier molecular flexibility index (Phi) is 10.0. The molecule has 31 heavy (non-hydrogen) atoms. The average Bonchev–Trinajstić information content (AvgIpc) is 2.76.